The van der Waals surface area contributed by atoms with Crippen LogP contribution in [0.25, 0.3) is 0 Å². The molecular weight excluding hydrogens is 320 g/mol. The number of anilines is 1. The molecule has 0 unspecified atom stereocenters. The van der Waals surface area contributed by atoms with Gasteiger partial charge in [-0.3, -0.25) is 9.59 Å². The van der Waals surface area contributed by atoms with E-state index in [4.69, 9.17) is 0 Å². The van der Waals surface area contributed by atoms with E-state index in [-0.39, 0.29) is 11.8 Å². The summed E-state index contributed by atoms with van der Waals surface area (Å²) in [4.78, 5) is 24.5. The highest BCUT2D eigenvalue weighted by atomic mass is 79.9. The number of halogens is 1. The highest BCUT2D eigenvalue weighted by Gasteiger charge is 2.57. The number of carbonyl (C=O) groups is 2. The fourth-order valence-corrected chi connectivity index (χ4v) is 2.79. The van der Waals surface area contributed by atoms with Crippen LogP contribution in [0.3, 0.4) is 0 Å². The second kappa shape index (κ2) is 4.88. The summed E-state index contributed by atoms with van der Waals surface area (Å²) in [6.07, 6.45) is 3.35. The summed E-state index contributed by atoms with van der Waals surface area (Å²) in [6.45, 7) is 1.99. The molecule has 2 N–H and O–H groups in total. The van der Waals surface area contributed by atoms with Gasteiger partial charge in [-0.15, -0.1) is 0 Å². The minimum atomic E-state index is -0.840. The maximum Gasteiger partial charge on any atom is 0.240 e. The van der Waals surface area contributed by atoms with Crippen LogP contribution in [0.4, 0.5) is 5.69 Å². The van der Waals surface area contributed by atoms with Gasteiger partial charge in [0.1, 0.15) is 5.41 Å². The van der Waals surface area contributed by atoms with Gasteiger partial charge < -0.3 is 10.6 Å². The van der Waals surface area contributed by atoms with Crippen molar-refractivity contribution in [2.75, 3.05) is 5.32 Å². The fraction of sp³-hybridized carbons (Fsp3) is 0.467. The lowest BCUT2D eigenvalue weighted by atomic mass is 10.0. The van der Waals surface area contributed by atoms with E-state index < -0.39 is 5.41 Å². The molecular formula is C15H17BrN2O2. The molecule has 0 atom stereocenters. The number of carbonyl (C=O) groups excluding carboxylic acids is 2. The molecule has 2 aliphatic rings. The first-order chi connectivity index (χ1) is 9.51. The largest absolute Gasteiger partial charge is 0.352 e. The van der Waals surface area contributed by atoms with Crippen LogP contribution in [0.2, 0.25) is 0 Å². The van der Waals surface area contributed by atoms with Crippen molar-refractivity contribution in [1.82, 2.24) is 5.32 Å². The Morgan fingerprint density at radius 3 is 2.50 bits per heavy atom. The van der Waals surface area contributed by atoms with Crippen molar-refractivity contribution < 1.29 is 9.59 Å². The van der Waals surface area contributed by atoms with E-state index in [0.717, 1.165) is 22.9 Å². The second-order valence-electron chi connectivity index (χ2n) is 5.77. The van der Waals surface area contributed by atoms with Crippen molar-refractivity contribution >= 4 is 33.4 Å². The molecule has 0 saturated heterocycles. The zero-order valence-corrected chi connectivity index (χ0v) is 12.9. The minimum absolute atomic E-state index is 0.110. The summed E-state index contributed by atoms with van der Waals surface area (Å²) >= 11 is 3.43. The lowest BCUT2D eigenvalue weighted by Gasteiger charge is -2.16. The van der Waals surface area contributed by atoms with Crippen molar-refractivity contribution in [1.29, 1.82) is 0 Å². The average molecular weight is 337 g/mol. The van der Waals surface area contributed by atoms with E-state index in [1.54, 1.807) is 0 Å². The van der Waals surface area contributed by atoms with Gasteiger partial charge in [0.25, 0.3) is 0 Å². The molecule has 2 aliphatic carbocycles. The third kappa shape index (κ3) is 2.59. The summed E-state index contributed by atoms with van der Waals surface area (Å²) in [6, 6.07) is 6.02. The molecule has 2 saturated carbocycles. The van der Waals surface area contributed by atoms with Crippen LogP contribution in [0, 0.1) is 12.3 Å². The SMILES string of the molecule is Cc1ccc(NC(=O)C2(C(=O)NC3CC3)CC2)c(Br)c1. The molecule has 4 nitrogen and oxygen atoms in total. The van der Waals surface area contributed by atoms with E-state index >= 15 is 0 Å². The monoisotopic (exact) mass is 336 g/mol. The van der Waals surface area contributed by atoms with Crippen LogP contribution in [-0.2, 0) is 9.59 Å². The first-order valence-electron chi connectivity index (χ1n) is 6.90. The Hall–Kier alpha value is -1.36. The van der Waals surface area contributed by atoms with Gasteiger partial charge in [0.2, 0.25) is 11.8 Å². The molecule has 0 radical (unpaired) electrons. The van der Waals surface area contributed by atoms with Crippen LogP contribution in [0.5, 0.6) is 0 Å². The van der Waals surface area contributed by atoms with E-state index in [1.165, 1.54) is 0 Å². The summed E-state index contributed by atoms with van der Waals surface area (Å²) in [5.41, 5.74) is 0.987. The van der Waals surface area contributed by atoms with Crippen molar-refractivity contribution in [3.8, 4) is 0 Å². The Balaban J connectivity index is 1.70. The van der Waals surface area contributed by atoms with Crippen molar-refractivity contribution in [3.63, 3.8) is 0 Å². The van der Waals surface area contributed by atoms with E-state index in [9.17, 15) is 9.59 Å². The lowest BCUT2D eigenvalue weighted by molar-refractivity contribution is -0.134. The van der Waals surface area contributed by atoms with Crippen molar-refractivity contribution in [3.05, 3.63) is 28.2 Å². The van der Waals surface area contributed by atoms with Gasteiger partial charge in [-0.2, -0.15) is 0 Å². The second-order valence-corrected chi connectivity index (χ2v) is 6.62. The average Bonchev–Trinajstić information content (AvgIpc) is 3.24. The number of nitrogens with one attached hydrogen (secondary N) is 2. The maximum atomic E-state index is 12.4. The summed E-state index contributed by atoms with van der Waals surface area (Å²) in [7, 11) is 0. The predicted octanol–water partition coefficient (Wildman–Crippen LogP) is 2.75. The molecule has 0 heterocycles. The Bertz CT molecular complexity index is 577. The summed E-state index contributed by atoms with van der Waals surface area (Å²) in [5.74, 6) is -0.305. The molecule has 0 aromatic heterocycles. The molecule has 5 heteroatoms. The highest BCUT2D eigenvalue weighted by Crippen LogP contribution is 2.47. The normalized spacial score (nSPS) is 19.3. The molecule has 0 spiro atoms. The van der Waals surface area contributed by atoms with Gasteiger partial charge in [0.15, 0.2) is 0 Å². The maximum absolute atomic E-state index is 12.4. The van der Waals surface area contributed by atoms with Crippen LogP contribution >= 0.6 is 15.9 Å². The molecule has 1 aromatic carbocycles. The molecule has 0 bridgehead atoms. The Morgan fingerprint density at radius 1 is 1.25 bits per heavy atom. The van der Waals surface area contributed by atoms with Crippen molar-refractivity contribution in [2.24, 2.45) is 5.41 Å². The van der Waals surface area contributed by atoms with Gasteiger partial charge in [0.05, 0.1) is 5.69 Å². The number of hydrogen-bond donors (Lipinski definition) is 2. The van der Waals surface area contributed by atoms with Crippen LogP contribution in [0.15, 0.2) is 22.7 Å². The van der Waals surface area contributed by atoms with E-state index in [0.29, 0.717) is 24.6 Å². The number of aryl methyl sites for hydroxylation is 1. The zero-order chi connectivity index (χ0) is 14.3. The molecule has 2 fully saturated rings. The number of benzene rings is 1. The quantitative estimate of drug-likeness (QED) is 0.830. The Kier molecular flexibility index (Phi) is 3.32. The molecule has 0 aliphatic heterocycles. The Labute approximate surface area is 126 Å². The lowest BCUT2D eigenvalue weighted by Crippen LogP contribution is -2.40. The molecule has 106 valence electrons. The van der Waals surface area contributed by atoms with Gasteiger partial charge in [0, 0.05) is 10.5 Å². The molecule has 3 rings (SSSR count). The Morgan fingerprint density at radius 2 is 1.95 bits per heavy atom. The smallest absolute Gasteiger partial charge is 0.240 e. The van der Waals surface area contributed by atoms with E-state index in [1.807, 2.05) is 25.1 Å². The fourth-order valence-electron chi connectivity index (χ4n) is 2.20. The van der Waals surface area contributed by atoms with Gasteiger partial charge in [-0.25, -0.2) is 0 Å². The first kappa shape index (κ1) is 13.6. The standard InChI is InChI=1S/C15H17BrN2O2/c1-9-2-5-12(11(16)8-9)18-14(20)15(6-7-15)13(19)17-10-3-4-10/h2,5,8,10H,3-4,6-7H2,1H3,(H,17,19)(H,18,20). The minimum Gasteiger partial charge on any atom is -0.352 e. The summed E-state index contributed by atoms with van der Waals surface area (Å²) < 4.78 is 0.837. The molecule has 2 amide bonds. The van der Waals surface area contributed by atoms with Crippen LogP contribution in [-0.4, -0.2) is 17.9 Å². The topological polar surface area (TPSA) is 58.2 Å². The number of hydrogen-bond acceptors (Lipinski definition) is 2. The van der Waals surface area contributed by atoms with Crippen LogP contribution in [0.1, 0.15) is 31.2 Å². The van der Waals surface area contributed by atoms with E-state index in [2.05, 4.69) is 26.6 Å². The summed E-state index contributed by atoms with van der Waals surface area (Å²) in [5, 5.41) is 5.80. The van der Waals surface area contributed by atoms with Crippen molar-refractivity contribution in [2.45, 2.75) is 38.6 Å². The van der Waals surface area contributed by atoms with Gasteiger partial charge in [-0.05, 0) is 66.2 Å². The first-order valence-corrected chi connectivity index (χ1v) is 7.69. The molecule has 1 aromatic rings. The highest BCUT2D eigenvalue weighted by molar-refractivity contribution is 9.10. The zero-order valence-electron chi connectivity index (χ0n) is 11.3. The number of amides is 2. The number of rotatable bonds is 4. The van der Waals surface area contributed by atoms with Gasteiger partial charge >= 0.3 is 0 Å². The third-order valence-corrected chi connectivity index (χ3v) is 4.56. The third-order valence-electron chi connectivity index (χ3n) is 3.90. The predicted molar refractivity (Wildman–Crippen MR) is 80.3 cm³/mol. The molecule has 20 heavy (non-hydrogen) atoms. The van der Waals surface area contributed by atoms with Gasteiger partial charge in [-0.1, -0.05) is 6.07 Å². The van der Waals surface area contributed by atoms with Crippen LogP contribution < -0.4 is 10.6 Å².